The van der Waals surface area contributed by atoms with Crippen LogP contribution in [0.5, 0.6) is 0 Å². The molecular weight excluding hydrogens is 257 g/mol. The molecule has 0 amide bonds. The van der Waals surface area contributed by atoms with E-state index in [2.05, 4.69) is 16.9 Å². The van der Waals surface area contributed by atoms with Crippen molar-refractivity contribution in [1.29, 1.82) is 0 Å². The maximum absolute atomic E-state index is 6.19. The van der Waals surface area contributed by atoms with Crippen LogP contribution in [0.15, 0.2) is 24.9 Å². The Balaban J connectivity index is 2.44. The van der Waals surface area contributed by atoms with Crippen molar-refractivity contribution in [3.05, 3.63) is 40.5 Å². The lowest BCUT2D eigenvalue weighted by atomic mass is 10.1. The molecule has 0 bridgehead atoms. The molecule has 2 aromatic rings. The number of rotatable bonds is 4. The van der Waals surface area contributed by atoms with Gasteiger partial charge in [-0.1, -0.05) is 29.3 Å². The highest BCUT2D eigenvalue weighted by molar-refractivity contribution is 6.42. The summed E-state index contributed by atoms with van der Waals surface area (Å²) in [7, 11) is 0. The number of anilines is 1. The zero-order valence-corrected chi connectivity index (χ0v) is 10.7. The summed E-state index contributed by atoms with van der Waals surface area (Å²) in [6, 6.07) is 1.84. The van der Waals surface area contributed by atoms with E-state index in [1.807, 2.05) is 6.07 Å². The van der Waals surface area contributed by atoms with Crippen molar-refractivity contribution >= 4 is 39.8 Å². The molecule has 0 unspecified atom stereocenters. The SMILES string of the molecule is C=CCNCc1cc(Cl)c2c(Cl)c[nH]c2c1N. The summed E-state index contributed by atoms with van der Waals surface area (Å²) >= 11 is 12.2. The van der Waals surface area contributed by atoms with E-state index < -0.39 is 0 Å². The van der Waals surface area contributed by atoms with Gasteiger partial charge in [-0.05, 0) is 11.6 Å². The van der Waals surface area contributed by atoms with Crippen LogP contribution in [-0.2, 0) is 6.54 Å². The molecule has 0 saturated heterocycles. The zero-order valence-electron chi connectivity index (χ0n) is 9.19. The number of hydrogen-bond donors (Lipinski definition) is 3. The first-order valence-corrected chi connectivity index (χ1v) is 5.95. The lowest BCUT2D eigenvalue weighted by Crippen LogP contribution is -2.14. The number of nitrogens with one attached hydrogen (secondary N) is 2. The standard InChI is InChI=1S/C12H13Cl2N3/c1-2-3-16-5-7-4-8(13)10-9(14)6-17-12(10)11(7)15/h2,4,6,16-17H,1,3,5,15H2. The van der Waals surface area contributed by atoms with E-state index in [9.17, 15) is 0 Å². The molecule has 0 aliphatic carbocycles. The molecule has 1 heterocycles. The second-order valence-electron chi connectivity index (χ2n) is 3.74. The van der Waals surface area contributed by atoms with Crippen LogP contribution in [-0.4, -0.2) is 11.5 Å². The monoisotopic (exact) mass is 269 g/mol. The van der Waals surface area contributed by atoms with Crippen molar-refractivity contribution in [1.82, 2.24) is 10.3 Å². The largest absolute Gasteiger partial charge is 0.397 e. The van der Waals surface area contributed by atoms with Crippen LogP contribution in [0.3, 0.4) is 0 Å². The topological polar surface area (TPSA) is 53.8 Å². The highest BCUT2D eigenvalue weighted by atomic mass is 35.5. The maximum Gasteiger partial charge on any atom is 0.0721 e. The Morgan fingerprint density at radius 2 is 2.18 bits per heavy atom. The second kappa shape index (κ2) is 5.00. The average Bonchev–Trinajstić information content (AvgIpc) is 2.68. The van der Waals surface area contributed by atoms with E-state index in [0.717, 1.165) is 23.0 Å². The Morgan fingerprint density at radius 3 is 2.88 bits per heavy atom. The Morgan fingerprint density at radius 1 is 1.41 bits per heavy atom. The van der Waals surface area contributed by atoms with E-state index in [1.54, 1.807) is 12.3 Å². The molecule has 2 rings (SSSR count). The normalized spacial score (nSPS) is 10.9. The van der Waals surface area contributed by atoms with Gasteiger partial charge in [0.15, 0.2) is 0 Å². The summed E-state index contributed by atoms with van der Waals surface area (Å²) in [6.07, 6.45) is 3.48. The summed E-state index contributed by atoms with van der Waals surface area (Å²) in [4.78, 5) is 3.04. The molecule has 4 N–H and O–H groups in total. The molecule has 0 fully saturated rings. The van der Waals surface area contributed by atoms with E-state index in [1.165, 1.54) is 0 Å². The van der Waals surface area contributed by atoms with Crippen molar-refractivity contribution < 1.29 is 0 Å². The van der Waals surface area contributed by atoms with Crippen molar-refractivity contribution in [2.75, 3.05) is 12.3 Å². The molecule has 0 atom stereocenters. The van der Waals surface area contributed by atoms with Crippen LogP contribution in [0, 0.1) is 0 Å². The summed E-state index contributed by atoms with van der Waals surface area (Å²) < 4.78 is 0. The summed E-state index contributed by atoms with van der Waals surface area (Å²) in [5.41, 5.74) is 8.48. The van der Waals surface area contributed by atoms with Crippen LogP contribution < -0.4 is 11.1 Å². The molecule has 1 aromatic carbocycles. The lowest BCUT2D eigenvalue weighted by Gasteiger charge is -2.09. The molecule has 0 radical (unpaired) electrons. The summed E-state index contributed by atoms with van der Waals surface area (Å²) in [6.45, 7) is 5.01. The minimum Gasteiger partial charge on any atom is -0.397 e. The molecule has 17 heavy (non-hydrogen) atoms. The Hall–Kier alpha value is -1.16. The quantitative estimate of drug-likeness (QED) is 0.453. The van der Waals surface area contributed by atoms with Gasteiger partial charge >= 0.3 is 0 Å². The van der Waals surface area contributed by atoms with Crippen LogP contribution in [0.4, 0.5) is 5.69 Å². The highest BCUT2D eigenvalue weighted by Crippen LogP contribution is 2.35. The molecule has 5 heteroatoms. The Labute approximate surface area is 110 Å². The van der Waals surface area contributed by atoms with Gasteiger partial charge in [-0.15, -0.1) is 6.58 Å². The second-order valence-corrected chi connectivity index (χ2v) is 4.55. The first-order chi connectivity index (χ1) is 8.15. The first-order valence-electron chi connectivity index (χ1n) is 5.20. The average molecular weight is 270 g/mol. The maximum atomic E-state index is 6.19. The molecule has 0 aliphatic heterocycles. The molecule has 3 nitrogen and oxygen atoms in total. The van der Waals surface area contributed by atoms with E-state index in [0.29, 0.717) is 22.3 Å². The van der Waals surface area contributed by atoms with Crippen molar-refractivity contribution in [2.24, 2.45) is 0 Å². The highest BCUT2D eigenvalue weighted by Gasteiger charge is 2.12. The van der Waals surface area contributed by atoms with Gasteiger partial charge in [0.05, 0.1) is 21.2 Å². The third kappa shape index (κ3) is 2.27. The molecule has 0 saturated carbocycles. The number of benzene rings is 1. The number of aromatic nitrogens is 1. The fourth-order valence-corrected chi connectivity index (χ4v) is 2.39. The fourth-order valence-electron chi connectivity index (χ4n) is 1.76. The van der Waals surface area contributed by atoms with Gasteiger partial charge in [0.2, 0.25) is 0 Å². The van der Waals surface area contributed by atoms with Gasteiger partial charge in [0, 0.05) is 24.7 Å². The zero-order chi connectivity index (χ0) is 12.4. The van der Waals surface area contributed by atoms with Crippen LogP contribution in [0.25, 0.3) is 10.9 Å². The number of nitrogens with two attached hydrogens (primary N) is 1. The van der Waals surface area contributed by atoms with Crippen molar-refractivity contribution in [2.45, 2.75) is 6.54 Å². The fraction of sp³-hybridized carbons (Fsp3) is 0.167. The van der Waals surface area contributed by atoms with Gasteiger partial charge in [0.25, 0.3) is 0 Å². The van der Waals surface area contributed by atoms with Gasteiger partial charge in [-0.3, -0.25) is 0 Å². The summed E-state index contributed by atoms with van der Waals surface area (Å²) in [5, 5.41) is 5.16. The smallest absolute Gasteiger partial charge is 0.0721 e. The number of H-pyrrole nitrogens is 1. The number of halogens is 2. The number of fused-ring (bicyclic) bond motifs is 1. The number of aromatic amines is 1. The van der Waals surface area contributed by atoms with E-state index in [4.69, 9.17) is 28.9 Å². The molecule has 0 aliphatic rings. The van der Waals surface area contributed by atoms with E-state index in [-0.39, 0.29) is 0 Å². The van der Waals surface area contributed by atoms with Gasteiger partial charge in [-0.2, -0.15) is 0 Å². The minimum absolute atomic E-state index is 0.585. The number of hydrogen-bond acceptors (Lipinski definition) is 2. The Kier molecular flexibility index (Phi) is 3.62. The molecular formula is C12H13Cl2N3. The van der Waals surface area contributed by atoms with Gasteiger partial charge < -0.3 is 16.0 Å². The molecule has 1 aromatic heterocycles. The molecule has 0 spiro atoms. The predicted molar refractivity (Wildman–Crippen MR) is 74.6 cm³/mol. The van der Waals surface area contributed by atoms with Crippen LogP contribution >= 0.6 is 23.2 Å². The minimum atomic E-state index is 0.585. The number of nitrogen functional groups attached to an aromatic ring is 1. The van der Waals surface area contributed by atoms with E-state index >= 15 is 0 Å². The van der Waals surface area contributed by atoms with Crippen LogP contribution in [0.2, 0.25) is 10.0 Å². The predicted octanol–water partition coefficient (Wildman–Crippen LogP) is 3.33. The first kappa shape index (κ1) is 12.3. The lowest BCUT2D eigenvalue weighted by molar-refractivity contribution is 0.763. The van der Waals surface area contributed by atoms with Crippen LogP contribution in [0.1, 0.15) is 5.56 Å². The van der Waals surface area contributed by atoms with Gasteiger partial charge in [-0.25, -0.2) is 0 Å². The third-order valence-corrected chi connectivity index (χ3v) is 3.19. The molecule has 90 valence electrons. The third-order valence-electron chi connectivity index (χ3n) is 2.59. The summed E-state index contributed by atoms with van der Waals surface area (Å²) in [5.74, 6) is 0. The Bertz CT molecular complexity index is 560. The van der Waals surface area contributed by atoms with Crippen molar-refractivity contribution in [3.63, 3.8) is 0 Å². The van der Waals surface area contributed by atoms with Crippen molar-refractivity contribution in [3.8, 4) is 0 Å². The van der Waals surface area contributed by atoms with Gasteiger partial charge in [0.1, 0.15) is 0 Å².